The second-order valence-corrected chi connectivity index (χ2v) is 5.18. The van der Waals surface area contributed by atoms with E-state index in [0.717, 1.165) is 17.0 Å². The van der Waals surface area contributed by atoms with Gasteiger partial charge in [0.1, 0.15) is 11.5 Å². The average Bonchev–Trinajstić information content (AvgIpc) is 2.52. The first-order valence-electron chi connectivity index (χ1n) is 7.22. The van der Waals surface area contributed by atoms with Crippen molar-refractivity contribution in [2.45, 2.75) is 20.4 Å². The molecule has 0 radical (unpaired) electrons. The van der Waals surface area contributed by atoms with E-state index < -0.39 is 0 Å². The predicted octanol–water partition coefficient (Wildman–Crippen LogP) is 1.70. The fourth-order valence-corrected chi connectivity index (χ4v) is 2.16. The van der Waals surface area contributed by atoms with Crippen LogP contribution in [0.3, 0.4) is 0 Å². The quantitative estimate of drug-likeness (QED) is 0.850. The van der Waals surface area contributed by atoms with E-state index >= 15 is 0 Å². The fourth-order valence-electron chi connectivity index (χ4n) is 2.16. The summed E-state index contributed by atoms with van der Waals surface area (Å²) in [5.74, 6) is 1.00. The van der Waals surface area contributed by atoms with E-state index in [1.807, 2.05) is 19.9 Å². The van der Waals surface area contributed by atoms with E-state index in [4.69, 9.17) is 9.47 Å². The number of carbonyl (C=O) groups is 1. The van der Waals surface area contributed by atoms with Crippen LogP contribution in [0.25, 0.3) is 0 Å². The number of H-pyrrole nitrogens is 1. The summed E-state index contributed by atoms with van der Waals surface area (Å²) in [6.07, 6.45) is 0. The van der Waals surface area contributed by atoms with Crippen molar-refractivity contribution in [3.05, 3.63) is 57.5 Å². The van der Waals surface area contributed by atoms with Crippen LogP contribution in [-0.4, -0.2) is 24.6 Å². The van der Waals surface area contributed by atoms with E-state index in [1.54, 1.807) is 31.4 Å². The minimum Gasteiger partial charge on any atom is -0.497 e. The van der Waals surface area contributed by atoms with Crippen molar-refractivity contribution in [1.82, 2.24) is 10.3 Å². The minimum atomic E-state index is -0.291. The number of hydrogen-bond acceptors (Lipinski definition) is 4. The van der Waals surface area contributed by atoms with E-state index in [2.05, 4.69) is 10.3 Å². The molecule has 1 amide bonds. The second kappa shape index (κ2) is 7.49. The highest BCUT2D eigenvalue weighted by Gasteiger charge is 2.08. The van der Waals surface area contributed by atoms with Crippen LogP contribution >= 0.6 is 0 Å². The summed E-state index contributed by atoms with van der Waals surface area (Å²) >= 11 is 0. The van der Waals surface area contributed by atoms with Crippen LogP contribution in [0.4, 0.5) is 0 Å². The highest BCUT2D eigenvalue weighted by Crippen LogP contribution is 2.16. The summed E-state index contributed by atoms with van der Waals surface area (Å²) in [5, 5.41) is 2.68. The van der Waals surface area contributed by atoms with Crippen LogP contribution in [0.15, 0.2) is 35.1 Å². The van der Waals surface area contributed by atoms with Crippen LogP contribution in [0.5, 0.6) is 11.5 Å². The van der Waals surface area contributed by atoms with Crippen molar-refractivity contribution in [3.63, 3.8) is 0 Å². The molecule has 1 aromatic heterocycles. The lowest BCUT2D eigenvalue weighted by atomic mass is 10.1. The lowest BCUT2D eigenvalue weighted by Gasteiger charge is -2.09. The first kappa shape index (κ1) is 16.6. The van der Waals surface area contributed by atoms with E-state index in [1.165, 1.54) is 0 Å². The van der Waals surface area contributed by atoms with Gasteiger partial charge in [0.05, 0.1) is 7.11 Å². The monoisotopic (exact) mass is 316 g/mol. The molecule has 0 aliphatic heterocycles. The predicted molar refractivity (Wildman–Crippen MR) is 86.9 cm³/mol. The molecule has 6 heteroatoms. The Hall–Kier alpha value is -2.76. The summed E-state index contributed by atoms with van der Waals surface area (Å²) in [7, 11) is 1.58. The maximum absolute atomic E-state index is 11.9. The molecule has 6 nitrogen and oxygen atoms in total. The van der Waals surface area contributed by atoms with Gasteiger partial charge >= 0.3 is 0 Å². The van der Waals surface area contributed by atoms with Crippen LogP contribution in [-0.2, 0) is 11.3 Å². The molecule has 0 bridgehead atoms. The molecule has 0 aliphatic rings. The Morgan fingerprint density at radius 3 is 2.43 bits per heavy atom. The molecule has 1 aromatic carbocycles. The normalized spacial score (nSPS) is 10.2. The van der Waals surface area contributed by atoms with Gasteiger partial charge in [-0.05, 0) is 49.7 Å². The molecule has 0 aliphatic carbocycles. The molecule has 23 heavy (non-hydrogen) atoms. The Balaban J connectivity index is 1.87. The van der Waals surface area contributed by atoms with Gasteiger partial charge in [-0.3, -0.25) is 9.59 Å². The Kier molecular flexibility index (Phi) is 5.41. The van der Waals surface area contributed by atoms with Crippen LogP contribution in [0.1, 0.15) is 16.8 Å². The number of aryl methyl sites for hydroxylation is 2. The van der Waals surface area contributed by atoms with Gasteiger partial charge in [0.15, 0.2) is 6.61 Å². The summed E-state index contributed by atoms with van der Waals surface area (Å²) in [6, 6.07) is 8.82. The number of aromatic nitrogens is 1. The van der Waals surface area contributed by atoms with Crippen molar-refractivity contribution in [3.8, 4) is 11.5 Å². The number of aromatic amines is 1. The zero-order valence-electron chi connectivity index (χ0n) is 13.4. The molecule has 1 heterocycles. The molecule has 122 valence electrons. The number of benzene rings is 1. The van der Waals surface area contributed by atoms with Crippen molar-refractivity contribution in [1.29, 1.82) is 0 Å². The molecular formula is C17H20N2O4. The van der Waals surface area contributed by atoms with Crippen molar-refractivity contribution in [2.24, 2.45) is 0 Å². The molecule has 0 saturated carbocycles. The van der Waals surface area contributed by atoms with Crippen molar-refractivity contribution >= 4 is 5.91 Å². The molecular weight excluding hydrogens is 296 g/mol. The smallest absolute Gasteiger partial charge is 0.258 e. The highest BCUT2D eigenvalue weighted by molar-refractivity contribution is 5.77. The number of nitrogens with one attached hydrogen (secondary N) is 2. The van der Waals surface area contributed by atoms with Crippen LogP contribution in [0, 0.1) is 13.8 Å². The topological polar surface area (TPSA) is 80.4 Å². The third-order valence-electron chi connectivity index (χ3n) is 3.39. The molecule has 2 aromatic rings. The first-order valence-corrected chi connectivity index (χ1v) is 7.22. The number of carbonyl (C=O) groups excluding carboxylic acids is 1. The number of ether oxygens (including phenoxy) is 2. The number of amides is 1. The largest absolute Gasteiger partial charge is 0.497 e. The second-order valence-electron chi connectivity index (χ2n) is 5.18. The summed E-state index contributed by atoms with van der Waals surface area (Å²) < 4.78 is 10.4. The standard InChI is InChI=1S/C17H20N2O4/c1-11-8-12(2)19-17(21)15(11)9-18-16(20)10-23-14-6-4-13(22-3)5-7-14/h4-8H,9-10H2,1-3H3,(H,18,20)(H,19,21). The van der Waals surface area contributed by atoms with Gasteiger partial charge in [0, 0.05) is 17.8 Å². The molecule has 0 saturated heterocycles. The molecule has 0 spiro atoms. The summed E-state index contributed by atoms with van der Waals surface area (Å²) in [6.45, 7) is 3.72. The van der Waals surface area contributed by atoms with E-state index in [-0.39, 0.29) is 24.6 Å². The Bertz CT molecular complexity index is 735. The van der Waals surface area contributed by atoms with Gasteiger partial charge in [-0.1, -0.05) is 0 Å². The highest BCUT2D eigenvalue weighted by atomic mass is 16.5. The summed E-state index contributed by atoms with van der Waals surface area (Å²) in [5.41, 5.74) is 2.01. The zero-order chi connectivity index (χ0) is 16.8. The molecule has 2 rings (SSSR count). The van der Waals surface area contributed by atoms with Gasteiger partial charge in [0.25, 0.3) is 11.5 Å². The first-order chi connectivity index (χ1) is 11.0. The van der Waals surface area contributed by atoms with E-state index in [9.17, 15) is 9.59 Å². The van der Waals surface area contributed by atoms with Crippen LogP contribution in [0.2, 0.25) is 0 Å². The van der Waals surface area contributed by atoms with Gasteiger partial charge < -0.3 is 19.8 Å². The lowest BCUT2D eigenvalue weighted by molar-refractivity contribution is -0.123. The number of methoxy groups -OCH3 is 1. The maximum Gasteiger partial charge on any atom is 0.258 e. The SMILES string of the molecule is COc1ccc(OCC(=O)NCc2c(C)cc(C)[nH]c2=O)cc1. The third-order valence-corrected chi connectivity index (χ3v) is 3.39. The fraction of sp³-hybridized carbons (Fsp3) is 0.294. The molecule has 0 unspecified atom stereocenters. The number of rotatable bonds is 6. The van der Waals surface area contributed by atoms with Gasteiger partial charge in [-0.15, -0.1) is 0 Å². The molecule has 0 fully saturated rings. The Morgan fingerprint density at radius 1 is 1.17 bits per heavy atom. The average molecular weight is 316 g/mol. The zero-order valence-corrected chi connectivity index (χ0v) is 13.4. The third kappa shape index (κ3) is 4.60. The maximum atomic E-state index is 11.9. The minimum absolute atomic E-state index is 0.116. The summed E-state index contributed by atoms with van der Waals surface area (Å²) in [4.78, 5) is 26.4. The van der Waals surface area contributed by atoms with Gasteiger partial charge in [0.2, 0.25) is 0 Å². The molecule has 2 N–H and O–H groups in total. The Morgan fingerprint density at radius 2 is 1.83 bits per heavy atom. The Labute approximate surface area is 134 Å². The van der Waals surface area contributed by atoms with Gasteiger partial charge in [-0.2, -0.15) is 0 Å². The van der Waals surface area contributed by atoms with Gasteiger partial charge in [-0.25, -0.2) is 0 Å². The van der Waals surface area contributed by atoms with Crippen molar-refractivity contribution < 1.29 is 14.3 Å². The van der Waals surface area contributed by atoms with Crippen LogP contribution < -0.4 is 20.3 Å². The number of hydrogen-bond donors (Lipinski definition) is 2. The lowest BCUT2D eigenvalue weighted by Crippen LogP contribution is -2.31. The number of pyridine rings is 1. The van der Waals surface area contributed by atoms with E-state index in [0.29, 0.717) is 11.3 Å². The molecule has 0 atom stereocenters. The van der Waals surface area contributed by atoms with Crippen molar-refractivity contribution in [2.75, 3.05) is 13.7 Å².